The van der Waals surface area contributed by atoms with Crippen LogP contribution in [0, 0.1) is 5.41 Å². The van der Waals surface area contributed by atoms with Crippen molar-refractivity contribution in [2.24, 2.45) is 5.41 Å². The van der Waals surface area contributed by atoms with Crippen molar-refractivity contribution in [3.63, 3.8) is 0 Å². The minimum atomic E-state index is 0.0412. The van der Waals surface area contributed by atoms with E-state index < -0.39 is 0 Å². The Bertz CT molecular complexity index is 395. The van der Waals surface area contributed by atoms with Crippen LogP contribution in [-0.4, -0.2) is 24.0 Å². The van der Waals surface area contributed by atoms with Gasteiger partial charge in [-0.15, -0.1) is 11.8 Å². The van der Waals surface area contributed by atoms with Gasteiger partial charge in [0.2, 0.25) is 0 Å². The normalized spacial score (nSPS) is 19.2. The van der Waals surface area contributed by atoms with Crippen molar-refractivity contribution in [1.29, 1.82) is 0 Å². The molecule has 0 bridgehead atoms. The molecule has 106 valence electrons. The number of thioether (sulfide) groups is 1. The Morgan fingerprint density at radius 1 is 1.32 bits per heavy atom. The lowest BCUT2D eigenvalue weighted by atomic mass is 9.83. The number of fused-ring (bicyclic) bond motifs is 1. The van der Waals surface area contributed by atoms with Gasteiger partial charge in [-0.3, -0.25) is 0 Å². The fourth-order valence-electron chi connectivity index (χ4n) is 2.67. The predicted molar refractivity (Wildman–Crippen MR) is 82.6 cm³/mol. The first-order valence-corrected chi connectivity index (χ1v) is 8.29. The zero-order valence-electron chi connectivity index (χ0n) is 12.0. The standard InChI is InChI=1S/C16H25NOS/c1-3-16(4-2,12-18)11-17-14-9-10-19-15-8-6-5-7-13(14)15/h5-8,14,17-18H,3-4,9-12H2,1-2H3. The van der Waals surface area contributed by atoms with Crippen molar-refractivity contribution in [1.82, 2.24) is 5.32 Å². The summed E-state index contributed by atoms with van der Waals surface area (Å²) >= 11 is 1.95. The maximum atomic E-state index is 9.66. The topological polar surface area (TPSA) is 32.3 Å². The van der Waals surface area contributed by atoms with Gasteiger partial charge < -0.3 is 10.4 Å². The van der Waals surface area contributed by atoms with Crippen molar-refractivity contribution in [3.05, 3.63) is 29.8 Å². The van der Waals surface area contributed by atoms with Gasteiger partial charge in [0.1, 0.15) is 0 Å². The van der Waals surface area contributed by atoms with Gasteiger partial charge in [-0.1, -0.05) is 32.0 Å². The summed E-state index contributed by atoms with van der Waals surface area (Å²) in [5, 5.41) is 13.4. The SMILES string of the molecule is CCC(CC)(CO)CNC1CCSc2ccccc21. The van der Waals surface area contributed by atoms with Crippen molar-refractivity contribution in [3.8, 4) is 0 Å². The van der Waals surface area contributed by atoms with Gasteiger partial charge in [0, 0.05) is 29.5 Å². The maximum absolute atomic E-state index is 9.66. The number of aliphatic hydroxyl groups excluding tert-OH is 1. The summed E-state index contributed by atoms with van der Waals surface area (Å²) in [5.41, 5.74) is 1.47. The van der Waals surface area contributed by atoms with Gasteiger partial charge in [0.05, 0.1) is 0 Å². The molecule has 1 heterocycles. The number of aliphatic hydroxyl groups is 1. The molecule has 1 atom stereocenters. The molecule has 0 aliphatic carbocycles. The molecular formula is C16H25NOS. The summed E-state index contributed by atoms with van der Waals surface area (Å²) < 4.78 is 0. The maximum Gasteiger partial charge on any atom is 0.0499 e. The molecule has 2 rings (SSSR count). The Morgan fingerprint density at radius 3 is 2.74 bits per heavy atom. The van der Waals surface area contributed by atoms with E-state index in [1.54, 1.807) is 0 Å². The van der Waals surface area contributed by atoms with Crippen LogP contribution in [0.1, 0.15) is 44.7 Å². The molecule has 1 aromatic rings. The number of hydrogen-bond acceptors (Lipinski definition) is 3. The zero-order valence-corrected chi connectivity index (χ0v) is 12.8. The van der Waals surface area contributed by atoms with Crippen LogP contribution < -0.4 is 5.32 Å². The van der Waals surface area contributed by atoms with Gasteiger partial charge >= 0.3 is 0 Å². The van der Waals surface area contributed by atoms with Crippen LogP contribution >= 0.6 is 11.8 Å². The van der Waals surface area contributed by atoms with E-state index in [2.05, 4.69) is 43.4 Å². The monoisotopic (exact) mass is 279 g/mol. The van der Waals surface area contributed by atoms with Gasteiger partial charge in [-0.25, -0.2) is 0 Å². The Balaban J connectivity index is 2.05. The third kappa shape index (κ3) is 3.33. The van der Waals surface area contributed by atoms with Crippen molar-refractivity contribution in [2.45, 2.75) is 44.0 Å². The summed E-state index contributed by atoms with van der Waals surface area (Å²) in [6, 6.07) is 9.13. The average Bonchev–Trinajstić information content (AvgIpc) is 2.49. The summed E-state index contributed by atoms with van der Waals surface area (Å²) in [5.74, 6) is 1.18. The van der Waals surface area contributed by atoms with Gasteiger partial charge in [0.15, 0.2) is 0 Å². The molecule has 0 spiro atoms. The van der Waals surface area contributed by atoms with Crippen LogP contribution in [0.3, 0.4) is 0 Å². The quantitative estimate of drug-likeness (QED) is 0.834. The van der Waals surface area contributed by atoms with E-state index in [0.29, 0.717) is 6.04 Å². The molecule has 2 N–H and O–H groups in total. The molecule has 19 heavy (non-hydrogen) atoms. The van der Waals surface area contributed by atoms with Gasteiger partial charge in [-0.05, 0) is 36.6 Å². The molecule has 1 aliphatic rings. The minimum Gasteiger partial charge on any atom is -0.396 e. The molecule has 1 aromatic carbocycles. The van der Waals surface area contributed by atoms with Crippen LogP contribution in [0.2, 0.25) is 0 Å². The Labute approximate surface area is 121 Å². The number of benzene rings is 1. The Morgan fingerprint density at radius 2 is 2.05 bits per heavy atom. The fourth-order valence-corrected chi connectivity index (χ4v) is 3.80. The highest BCUT2D eigenvalue weighted by molar-refractivity contribution is 7.99. The summed E-state index contributed by atoms with van der Waals surface area (Å²) in [6.45, 7) is 5.52. The van der Waals surface area contributed by atoms with Gasteiger partial charge in [0.25, 0.3) is 0 Å². The first-order valence-electron chi connectivity index (χ1n) is 7.30. The molecule has 0 saturated carbocycles. The second-order valence-corrected chi connectivity index (χ2v) is 6.61. The molecular weight excluding hydrogens is 254 g/mol. The highest BCUT2D eigenvalue weighted by Crippen LogP contribution is 2.36. The van der Waals surface area contributed by atoms with Crippen LogP contribution in [-0.2, 0) is 0 Å². The summed E-state index contributed by atoms with van der Waals surface area (Å²) in [6.07, 6.45) is 3.23. The van der Waals surface area contributed by atoms with E-state index in [0.717, 1.165) is 19.4 Å². The van der Waals surface area contributed by atoms with Crippen LogP contribution in [0.4, 0.5) is 0 Å². The van der Waals surface area contributed by atoms with E-state index in [4.69, 9.17) is 0 Å². The van der Waals surface area contributed by atoms with Crippen molar-refractivity contribution in [2.75, 3.05) is 18.9 Å². The lowest BCUT2D eigenvalue weighted by Crippen LogP contribution is -2.39. The fraction of sp³-hybridized carbons (Fsp3) is 0.625. The van der Waals surface area contributed by atoms with E-state index in [1.165, 1.54) is 22.6 Å². The largest absolute Gasteiger partial charge is 0.396 e. The van der Waals surface area contributed by atoms with Crippen molar-refractivity contribution < 1.29 is 5.11 Å². The molecule has 2 nitrogen and oxygen atoms in total. The molecule has 1 aliphatic heterocycles. The predicted octanol–water partition coefficient (Wildman–Crippen LogP) is 3.61. The first kappa shape index (κ1) is 14.9. The average molecular weight is 279 g/mol. The summed E-state index contributed by atoms with van der Waals surface area (Å²) in [4.78, 5) is 1.41. The highest BCUT2D eigenvalue weighted by atomic mass is 32.2. The van der Waals surface area contributed by atoms with Crippen LogP contribution in [0.15, 0.2) is 29.2 Å². The summed E-state index contributed by atoms with van der Waals surface area (Å²) in [7, 11) is 0. The van der Waals surface area contributed by atoms with E-state index in [9.17, 15) is 5.11 Å². The van der Waals surface area contributed by atoms with Crippen molar-refractivity contribution >= 4 is 11.8 Å². The smallest absolute Gasteiger partial charge is 0.0499 e. The van der Waals surface area contributed by atoms with Crippen LogP contribution in [0.25, 0.3) is 0 Å². The van der Waals surface area contributed by atoms with E-state index in [-0.39, 0.29) is 12.0 Å². The molecule has 1 unspecified atom stereocenters. The Kier molecular flexibility index (Phi) is 5.31. The molecule has 0 aromatic heterocycles. The zero-order chi connectivity index (χ0) is 13.7. The van der Waals surface area contributed by atoms with Gasteiger partial charge in [-0.2, -0.15) is 0 Å². The second kappa shape index (κ2) is 6.78. The minimum absolute atomic E-state index is 0.0412. The molecule has 0 fully saturated rings. The number of rotatable bonds is 6. The second-order valence-electron chi connectivity index (χ2n) is 5.47. The third-order valence-corrected chi connectivity index (χ3v) is 5.64. The Hall–Kier alpha value is -0.510. The highest BCUT2D eigenvalue weighted by Gasteiger charge is 2.27. The molecule has 0 radical (unpaired) electrons. The lowest BCUT2D eigenvalue weighted by molar-refractivity contribution is 0.109. The number of hydrogen-bond donors (Lipinski definition) is 2. The van der Waals surface area contributed by atoms with E-state index in [1.807, 2.05) is 11.8 Å². The number of nitrogens with one attached hydrogen (secondary N) is 1. The molecule has 3 heteroatoms. The third-order valence-electron chi connectivity index (χ3n) is 4.52. The lowest BCUT2D eigenvalue weighted by Gasteiger charge is -2.34. The first-order chi connectivity index (χ1) is 9.24. The van der Waals surface area contributed by atoms with Crippen LogP contribution in [0.5, 0.6) is 0 Å². The molecule has 0 amide bonds. The molecule has 0 saturated heterocycles. The van der Waals surface area contributed by atoms with E-state index >= 15 is 0 Å².